The standard InChI is InChI=1S/C22H32N4O3/c1-4-12-25-20(28)22(26(21(25)29)16-17(2)3)9-13-24(14-10-22)19(27)8-7-18-6-5-11-23-15-18/h5-6,11,15,17H,4,7-10,12-14,16H2,1-3H3. The van der Waals surface area contributed by atoms with Crippen molar-refractivity contribution in [1.29, 1.82) is 0 Å². The van der Waals surface area contributed by atoms with Crippen LogP contribution >= 0.6 is 0 Å². The molecule has 29 heavy (non-hydrogen) atoms. The molecule has 0 atom stereocenters. The van der Waals surface area contributed by atoms with Crippen LogP contribution < -0.4 is 0 Å². The number of piperidine rings is 1. The Labute approximate surface area is 173 Å². The number of rotatable bonds is 7. The number of urea groups is 1. The van der Waals surface area contributed by atoms with E-state index in [0.29, 0.717) is 51.9 Å². The van der Waals surface area contributed by atoms with E-state index in [4.69, 9.17) is 0 Å². The Balaban J connectivity index is 1.66. The van der Waals surface area contributed by atoms with Crippen LogP contribution in [0.5, 0.6) is 0 Å². The van der Waals surface area contributed by atoms with Crippen LogP contribution in [0.3, 0.4) is 0 Å². The molecular formula is C22H32N4O3. The van der Waals surface area contributed by atoms with Gasteiger partial charge in [-0.3, -0.25) is 19.5 Å². The minimum absolute atomic E-state index is 0.0764. The Hall–Kier alpha value is -2.44. The largest absolute Gasteiger partial charge is 0.342 e. The molecule has 0 N–H and O–H groups in total. The van der Waals surface area contributed by atoms with Crippen LogP contribution in [0.15, 0.2) is 24.5 Å². The predicted molar refractivity (Wildman–Crippen MR) is 110 cm³/mol. The summed E-state index contributed by atoms with van der Waals surface area (Å²) in [7, 11) is 0. The van der Waals surface area contributed by atoms with E-state index in [-0.39, 0.29) is 23.8 Å². The van der Waals surface area contributed by atoms with Crippen molar-refractivity contribution in [2.75, 3.05) is 26.2 Å². The van der Waals surface area contributed by atoms with Gasteiger partial charge in [-0.05, 0) is 43.2 Å². The van der Waals surface area contributed by atoms with Crippen molar-refractivity contribution in [3.8, 4) is 0 Å². The highest BCUT2D eigenvalue weighted by molar-refractivity contribution is 6.07. The topological polar surface area (TPSA) is 73.8 Å². The normalized spacial score (nSPS) is 19.0. The maximum absolute atomic E-state index is 13.2. The highest BCUT2D eigenvalue weighted by Gasteiger charge is 2.57. The molecule has 1 aromatic heterocycles. The fourth-order valence-electron chi connectivity index (χ4n) is 4.39. The first-order valence-corrected chi connectivity index (χ1v) is 10.7. The molecule has 7 heteroatoms. The highest BCUT2D eigenvalue weighted by atomic mass is 16.2. The molecule has 1 aromatic rings. The van der Waals surface area contributed by atoms with Crippen LogP contribution in [-0.4, -0.2) is 69.2 Å². The lowest BCUT2D eigenvalue weighted by Gasteiger charge is -2.42. The first kappa shape index (κ1) is 21.3. The highest BCUT2D eigenvalue weighted by Crippen LogP contribution is 2.38. The zero-order chi connectivity index (χ0) is 21.0. The van der Waals surface area contributed by atoms with Gasteiger partial charge in [-0.1, -0.05) is 26.8 Å². The molecule has 2 aliphatic heterocycles. The molecule has 2 saturated heterocycles. The Morgan fingerprint density at radius 3 is 2.55 bits per heavy atom. The molecule has 1 spiro atoms. The van der Waals surface area contributed by atoms with Crippen LogP contribution in [0.2, 0.25) is 0 Å². The van der Waals surface area contributed by atoms with Crippen molar-refractivity contribution in [3.05, 3.63) is 30.1 Å². The Morgan fingerprint density at radius 2 is 1.97 bits per heavy atom. The number of carbonyl (C=O) groups is 3. The third-order valence-electron chi connectivity index (χ3n) is 5.91. The van der Waals surface area contributed by atoms with Crippen molar-refractivity contribution >= 4 is 17.8 Å². The average Bonchev–Trinajstić information content (AvgIpc) is 2.90. The summed E-state index contributed by atoms with van der Waals surface area (Å²) in [5, 5.41) is 0. The molecule has 2 aliphatic rings. The monoisotopic (exact) mass is 400 g/mol. The smallest absolute Gasteiger partial charge is 0.327 e. The van der Waals surface area contributed by atoms with E-state index in [9.17, 15) is 14.4 Å². The number of nitrogens with zero attached hydrogens (tertiary/aromatic N) is 4. The maximum Gasteiger partial charge on any atom is 0.327 e. The van der Waals surface area contributed by atoms with E-state index in [2.05, 4.69) is 18.8 Å². The molecule has 158 valence electrons. The fourth-order valence-corrected chi connectivity index (χ4v) is 4.39. The molecule has 0 bridgehead atoms. The van der Waals surface area contributed by atoms with Gasteiger partial charge in [0.1, 0.15) is 5.54 Å². The van der Waals surface area contributed by atoms with Gasteiger partial charge in [-0.25, -0.2) is 4.79 Å². The molecule has 7 nitrogen and oxygen atoms in total. The first-order valence-electron chi connectivity index (χ1n) is 10.7. The second-order valence-corrected chi connectivity index (χ2v) is 8.52. The molecular weight excluding hydrogens is 368 g/mol. The summed E-state index contributed by atoms with van der Waals surface area (Å²) in [6, 6.07) is 3.68. The third kappa shape index (κ3) is 4.28. The maximum atomic E-state index is 13.2. The van der Waals surface area contributed by atoms with Crippen molar-refractivity contribution in [2.24, 2.45) is 5.92 Å². The van der Waals surface area contributed by atoms with Crippen LogP contribution in [0.25, 0.3) is 0 Å². The Bertz CT molecular complexity index is 742. The van der Waals surface area contributed by atoms with E-state index >= 15 is 0 Å². The van der Waals surface area contributed by atoms with Gasteiger partial charge in [-0.15, -0.1) is 0 Å². The molecule has 3 rings (SSSR count). The van der Waals surface area contributed by atoms with Crippen LogP contribution in [-0.2, 0) is 16.0 Å². The number of amides is 4. The minimum atomic E-state index is -0.781. The number of pyridine rings is 1. The van der Waals surface area contributed by atoms with Crippen molar-refractivity contribution in [1.82, 2.24) is 19.7 Å². The average molecular weight is 401 g/mol. The first-order chi connectivity index (χ1) is 13.9. The van der Waals surface area contributed by atoms with E-state index in [1.54, 1.807) is 17.3 Å². The zero-order valence-electron chi connectivity index (χ0n) is 17.8. The van der Waals surface area contributed by atoms with Crippen molar-refractivity contribution in [3.63, 3.8) is 0 Å². The summed E-state index contributed by atoms with van der Waals surface area (Å²) in [4.78, 5) is 48.0. The van der Waals surface area contributed by atoms with E-state index in [1.165, 1.54) is 4.90 Å². The summed E-state index contributed by atoms with van der Waals surface area (Å²) >= 11 is 0. The van der Waals surface area contributed by atoms with Gasteiger partial charge in [0, 0.05) is 45.0 Å². The number of likely N-dealkylation sites (tertiary alicyclic amines) is 1. The van der Waals surface area contributed by atoms with E-state index in [1.807, 2.05) is 24.0 Å². The molecule has 0 unspecified atom stereocenters. The lowest BCUT2D eigenvalue weighted by atomic mass is 9.85. The molecule has 4 amide bonds. The number of hydrogen-bond donors (Lipinski definition) is 0. The molecule has 0 aromatic carbocycles. The third-order valence-corrected chi connectivity index (χ3v) is 5.91. The van der Waals surface area contributed by atoms with Crippen molar-refractivity contribution < 1.29 is 14.4 Å². The van der Waals surface area contributed by atoms with Gasteiger partial charge >= 0.3 is 6.03 Å². The summed E-state index contributed by atoms with van der Waals surface area (Å²) in [5.41, 5.74) is 0.264. The molecule has 0 aliphatic carbocycles. The number of aromatic nitrogens is 1. The van der Waals surface area contributed by atoms with Gasteiger partial charge < -0.3 is 9.80 Å². The Morgan fingerprint density at radius 1 is 1.24 bits per heavy atom. The second-order valence-electron chi connectivity index (χ2n) is 8.52. The molecule has 2 fully saturated rings. The number of carbonyl (C=O) groups excluding carboxylic acids is 3. The number of hydrogen-bond acceptors (Lipinski definition) is 4. The lowest BCUT2D eigenvalue weighted by molar-refractivity contribution is -0.141. The van der Waals surface area contributed by atoms with Gasteiger partial charge in [0.05, 0.1) is 0 Å². The second kappa shape index (κ2) is 8.93. The molecule has 0 radical (unpaired) electrons. The van der Waals surface area contributed by atoms with Crippen LogP contribution in [0.4, 0.5) is 4.79 Å². The van der Waals surface area contributed by atoms with Crippen molar-refractivity contribution in [2.45, 2.75) is 58.4 Å². The molecule has 0 saturated carbocycles. The van der Waals surface area contributed by atoms with Crippen LogP contribution in [0, 0.1) is 5.92 Å². The van der Waals surface area contributed by atoms with Crippen LogP contribution in [0.1, 0.15) is 52.0 Å². The molecule has 3 heterocycles. The fraction of sp³-hybridized carbons (Fsp3) is 0.636. The quantitative estimate of drug-likeness (QED) is 0.660. The predicted octanol–water partition coefficient (Wildman–Crippen LogP) is 2.71. The minimum Gasteiger partial charge on any atom is -0.342 e. The summed E-state index contributed by atoms with van der Waals surface area (Å²) in [6.07, 6.45) is 6.39. The lowest BCUT2D eigenvalue weighted by Crippen LogP contribution is -2.58. The summed E-state index contributed by atoms with van der Waals surface area (Å²) in [6.45, 7) is 8.15. The SMILES string of the molecule is CCCN1C(=O)N(CC(C)C)C2(CCN(C(=O)CCc3cccnc3)CC2)C1=O. The summed E-state index contributed by atoms with van der Waals surface area (Å²) in [5.74, 6) is 0.304. The zero-order valence-corrected chi connectivity index (χ0v) is 17.8. The van der Waals surface area contributed by atoms with E-state index in [0.717, 1.165) is 12.0 Å². The van der Waals surface area contributed by atoms with E-state index < -0.39 is 5.54 Å². The Kier molecular flexibility index (Phi) is 6.55. The van der Waals surface area contributed by atoms with Gasteiger partial charge in [-0.2, -0.15) is 0 Å². The number of aryl methyl sites for hydroxylation is 1. The van der Waals surface area contributed by atoms with Gasteiger partial charge in [0.2, 0.25) is 5.91 Å². The van der Waals surface area contributed by atoms with Gasteiger partial charge in [0.25, 0.3) is 5.91 Å². The van der Waals surface area contributed by atoms with Gasteiger partial charge in [0.15, 0.2) is 0 Å². The summed E-state index contributed by atoms with van der Waals surface area (Å²) < 4.78 is 0. The number of imide groups is 1.